The maximum atomic E-state index is 3.35. The van der Waals surface area contributed by atoms with Crippen LogP contribution in [-0.2, 0) is 0 Å². The Balaban J connectivity index is 2.32. The Morgan fingerprint density at radius 3 is 3.11 bits per heavy atom. The van der Waals surface area contributed by atoms with Crippen molar-refractivity contribution in [2.45, 2.75) is 19.4 Å². The predicted octanol–water partition coefficient (Wildman–Crippen LogP) is 0.460. The van der Waals surface area contributed by atoms with E-state index in [-0.39, 0.29) is 0 Å². The van der Waals surface area contributed by atoms with E-state index in [2.05, 4.69) is 26.3 Å². The van der Waals surface area contributed by atoms with Gasteiger partial charge in [-0.2, -0.15) is 0 Å². The summed E-state index contributed by atoms with van der Waals surface area (Å²) < 4.78 is 2.32. The molecule has 3 heteroatoms. The molecule has 0 amide bonds. The summed E-state index contributed by atoms with van der Waals surface area (Å²) in [6.45, 7) is 5.73. The highest BCUT2D eigenvalue weighted by atomic mass is 31.0. The topological polar surface area (TPSA) is 15.3 Å². The Bertz CT molecular complexity index is 77.1. The van der Waals surface area contributed by atoms with Crippen LogP contribution in [0, 0.1) is 0 Å². The van der Waals surface area contributed by atoms with Crippen LogP contribution in [0.3, 0.4) is 0 Å². The number of rotatable bonds is 0. The molecular weight excluding hydrogens is 131 g/mol. The maximum absolute atomic E-state index is 3.35. The standard InChI is InChI=1S/C6H15N2P/c1-6-2-3-7-4-5-8(6)9/h6-7H,2-5,9H2,1H3/t6-/m1/s1. The van der Waals surface area contributed by atoms with Crippen molar-refractivity contribution < 1.29 is 0 Å². The lowest BCUT2D eigenvalue weighted by Gasteiger charge is -2.19. The summed E-state index contributed by atoms with van der Waals surface area (Å²) in [5, 5.41) is 3.35. The Labute approximate surface area is 59.3 Å². The molecule has 0 saturated carbocycles. The molecule has 1 rings (SSSR count). The van der Waals surface area contributed by atoms with Gasteiger partial charge in [0.05, 0.1) is 0 Å². The summed E-state index contributed by atoms with van der Waals surface area (Å²) in [7, 11) is 2.77. The van der Waals surface area contributed by atoms with Crippen LogP contribution in [0.25, 0.3) is 0 Å². The van der Waals surface area contributed by atoms with E-state index in [0.717, 1.165) is 19.1 Å². The highest BCUT2D eigenvalue weighted by Crippen LogP contribution is 2.09. The zero-order valence-electron chi connectivity index (χ0n) is 5.93. The van der Waals surface area contributed by atoms with Crippen LogP contribution >= 0.6 is 9.39 Å². The van der Waals surface area contributed by atoms with Gasteiger partial charge in [-0.05, 0) is 19.9 Å². The minimum Gasteiger partial charge on any atom is -0.315 e. The second-order valence-electron chi connectivity index (χ2n) is 2.63. The highest BCUT2D eigenvalue weighted by molar-refractivity contribution is 7.13. The van der Waals surface area contributed by atoms with Gasteiger partial charge in [0.25, 0.3) is 0 Å². The second-order valence-corrected chi connectivity index (χ2v) is 3.29. The van der Waals surface area contributed by atoms with E-state index < -0.39 is 0 Å². The Morgan fingerprint density at radius 1 is 1.56 bits per heavy atom. The quantitative estimate of drug-likeness (QED) is 0.499. The van der Waals surface area contributed by atoms with Crippen LogP contribution in [0.2, 0.25) is 0 Å². The molecule has 0 spiro atoms. The number of nitrogens with zero attached hydrogens (tertiary/aromatic N) is 1. The zero-order chi connectivity index (χ0) is 6.69. The Hall–Kier alpha value is 0.350. The van der Waals surface area contributed by atoms with E-state index in [0.29, 0.717) is 0 Å². The largest absolute Gasteiger partial charge is 0.315 e. The van der Waals surface area contributed by atoms with Gasteiger partial charge in [0.1, 0.15) is 0 Å². The maximum Gasteiger partial charge on any atom is 0.0145 e. The molecule has 1 fully saturated rings. The molecule has 2 atom stereocenters. The van der Waals surface area contributed by atoms with Crippen molar-refractivity contribution in [2.24, 2.45) is 0 Å². The number of hydrogen-bond acceptors (Lipinski definition) is 2. The summed E-state index contributed by atoms with van der Waals surface area (Å²) in [4.78, 5) is 0. The third-order valence-electron chi connectivity index (χ3n) is 1.85. The number of hydrogen-bond donors (Lipinski definition) is 1. The van der Waals surface area contributed by atoms with Crippen LogP contribution in [0.4, 0.5) is 0 Å². The fraction of sp³-hybridized carbons (Fsp3) is 1.00. The predicted molar refractivity (Wildman–Crippen MR) is 43.4 cm³/mol. The molecular formula is C6H15N2P. The average molecular weight is 146 g/mol. The first kappa shape index (κ1) is 7.46. The summed E-state index contributed by atoms with van der Waals surface area (Å²) in [6, 6.07) is 0.727. The fourth-order valence-electron chi connectivity index (χ4n) is 1.03. The Morgan fingerprint density at radius 2 is 2.33 bits per heavy atom. The lowest BCUT2D eigenvalue weighted by Crippen LogP contribution is -2.24. The van der Waals surface area contributed by atoms with Crippen LogP contribution in [0.5, 0.6) is 0 Å². The normalized spacial score (nSPS) is 32.0. The SMILES string of the molecule is C[C@@H]1CCNCCN1P. The molecule has 0 bridgehead atoms. The van der Waals surface area contributed by atoms with E-state index in [4.69, 9.17) is 0 Å². The number of nitrogens with one attached hydrogen (secondary N) is 1. The molecule has 1 N–H and O–H groups in total. The van der Waals surface area contributed by atoms with Gasteiger partial charge in [0.15, 0.2) is 0 Å². The van der Waals surface area contributed by atoms with Gasteiger partial charge in [0.2, 0.25) is 0 Å². The summed E-state index contributed by atoms with van der Waals surface area (Å²) in [5.74, 6) is 0. The summed E-state index contributed by atoms with van der Waals surface area (Å²) in [6.07, 6.45) is 1.27. The van der Waals surface area contributed by atoms with Crippen molar-refractivity contribution in [1.29, 1.82) is 0 Å². The highest BCUT2D eigenvalue weighted by Gasteiger charge is 2.10. The molecule has 0 aromatic carbocycles. The molecule has 54 valence electrons. The minimum absolute atomic E-state index is 0.727. The molecule has 1 saturated heterocycles. The Kier molecular flexibility index (Phi) is 2.90. The molecule has 0 aromatic rings. The molecule has 1 aliphatic heterocycles. The van der Waals surface area contributed by atoms with E-state index in [9.17, 15) is 0 Å². The molecule has 1 unspecified atom stereocenters. The van der Waals surface area contributed by atoms with E-state index >= 15 is 0 Å². The van der Waals surface area contributed by atoms with E-state index in [1.54, 1.807) is 0 Å². The van der Waals surface area contributed by atoms with Crippen LogP contribution < -0.4 is 5.32 Å². The first-order valence-corrected chi connectivity index (χ1v) is 4.04. The molecule has 0 aliphatic carbocycles. The fourth-order valence-corrected chi connectivity index (χ4v) is 1.31. The molecule has 1 aliphatic rings. The van der Waals surface area contributed by atoms with Crippen molar-refractivity contribution in [3.63, 3.8) is 0 Å². The smallest absolute Gasteiger partial charge is 0.0145 e. The first-order valence-electron chi connectivity index (χ1n) is 3.53. The molecule has 0 aromatic heterocycles. The molecule has 1 heterocycles. The first-order chi connectivity index (χ1) is 4.30. The third kappa shape index (κ3) is 2.21. The lowest BCUT2D eigenvalue weighted by atomic mass is 10.2. The summed E-state index contributed by atoms with van der Waals surface area (Å²) >= 11 is 0. The second kappa shape index (κ2) is 3.50. The van der Waals surface area contributed by atoms with Gasteiger partial charge >= 0.3 is 0 Å². The van der Waals surface area contributed by atoms with Gasteiger partial charge in [-0.15, -0.1) is 0 Å². The lowest BCUT2D eigenvalue weighted by molar-refractivity contribution is 0.389. The van der Waals surface area contributed by atoms with Crippen molar-refractivity contribution in [1.82, 2.24) is 9.99 Å². The third-order valence-corrected chi connectivity index (χ3v) is 2.62. The van der Waals surface area contributed by atoms with Crippen molar-refractivity contribution in [3.8, 4) is 0 Å². The average Bonchev–Trinajstić information content (AvgIpc) is 1.99. The van der Waals surface area contributed by atoms with E-state index in [1.807, 2.05) is 0 Å². The summed E-state index contributed by atoms with van der Waals surface area (Å²) in [5.41, 5.74) is 0. The molecule has 2 nitrogen and oxygen atoms in total. The van der Waals surface area contributed by atoms with Gasteiger partial charge in [-0.3, -0.25) is 4.67 Å². The van der Waals surface area contributed by atoms with Gasteiger partial charge in [0, 0.05) is 19.1 Å². The van der Waals surface area contributed by atoms with Gasteiger partial charge in [-0.1, -0.05) is 9.39 Å². The van der Waals surface area contributed by atoms with Crippen LogP contribution in [-0.4, -0.2) is 30.3 Å². The van der Waals surface area contributed by atoms with Crippen LogP contribution in [0.15, 0.2) is 0 Å². The van der Waals surface area contributed by atoms with Crippen molar-refractivity contribution in [3.05, 3.63) is 0 Å². The zero-order valence-corrected chi connectivity index (χ0v) is 7.09. The van der Waals surface area contributed by atoms with Crippen molar-refractivity contribution in [2.75, 3.05) is 19.6 Å². The monoisotopic (exact) mass is 146 g/mol. The van der Waals surface area contributed by atoms with Gasteiger partial charge < -0.3 is 5.32 Å². The van der Waals surface area contributed by atoms with E-state index in [1.165, 1.54) is 13.0 Å². The molecule has 0 radical (unpaired) electrons. The molecule has 9 heavy (non-hydrogen) atoms. The van der Waals surface area contributed by atoms with Crippen LogP contribution in [0.1, 0.15) is 13.3 Å². The minimum atomic E-state index is 0.727. The van der Waals surface area contributed by atoms with Crippen molar-refractivity contribution >= 4 is 9.39 Å². The van der Waals surface area contributed by atoms with Gasteiger partial charge in [-0.25, -0.2) is 0 Å².